The molecule has 0 unspecified atom stereocenters. The van der Waals surface area contributed by atoms with Crippen LogP contribution in [0.3, 0.4) is 0 Å². The molecule has 2 nitrogen and oxygen atoms in total. The van der Waals surface area contributed by atoms with Crippen LogP contribution in [0.1, 0.15) is 37.8 Å². The van der Waals surface area contributed by atoms with Crippen LogP contribution >= 0.6 is 0 Å². The van der Waals surface area contributed by atoms with Gasteiger partial charge in [0.25, 0.3) is 0 Å². The zero-order valence-corrected chi connectivity index (χ0v) is 10.7. The second-order valence-electron chi connectivity index (χ2n) is 4.27. The summed E-state index contributed by atoms with van der Waals surface area (Å²) < 4.78 is 19.1. The molecule has 17 heavy (non-hydrogen) atoms. The fourth-order valence-electron chi connectivity index (χ4n) is 1.58. The molecule has 94 valence electrons. The zero-order chi connectivity index (χ0) is 12.8. The lowest BCUT2D eigenvalue weighted by molar-refractivity contribution is -0.116. The van der Waals surface area contributed by atoms with E-state index in [1.54, 1.807) is 13.0 Å². The van der Waals surface area contributed by atoms with Crippen LogP contribution in [0.2, 0.25) is 0 Å². The zero-order valence-electron chi connectivity index (χ0n) is 10.7. The fraction of sp³-hybridized carbons (Fsp3) is 0.500. The first-order chi connectivity index (χ1) is 8.04. The third-order valence-electron chi connectivity index (χ3n) is 2.63. The molecule has 0 atom stereocenters. The van der Waals surface area contributed by atoms with Gasteiger partial charge < -0.3 is 4.74 Å². The summed E-state index contributed by atoms with van der Waals surface area (Å²) >= 11 is 0. The summed E-state index contributed by atoms with van der Waals surface area (Å²) in [7, 11) is 0. The molecule has 0 radical (unpaired) electrons. The normalized spacial score (nSPS) is 10.4. The number of hydrogen-bond donors (Lipinski definition) is 0. The van der Waals surface area contributed by atoms with Crippen molar-refractivity contribution < 1.29 is 13.9 Å². The van der Waals surface area contributed by atoms with E-state index in [4.69, 9.17) is 4.74 Å². The van der Waals surface area contributed by atoms with E-state index in [-0.39, 0.29) is 18.0 Å². The molecule has 0 fully saturated rings. The summed E-state index contributed by atoms with van der Waals surface area (Å²) in [6, 6.07) is 3.14. The molecule has 0 amide bonds. The van der Waals surface area contributed by atoms with Crippen molar-refractivity contribution in [1.82, 2.24) is 0 Å². The van der Waals surface area contributed by atoms with Gasteiger partial charge >= 0.3 is 0 Å². The summed E-state index contributed by atoms with van der Waals surface area (Å²) in [6.45, 7) is 5.84. The monoisotopic (exact) mass is 238 g/mol. The molecule has 0 bridgehead atoms. The van der Waals surface area contributed by atoms with E-state index in [0.29, 0.717) is 23.5 Å². The first-order valence-corrected chi connectivity index (χ1v) is 5.95. The Morgan fingerprint density at radius 1 is 1.41 bits per heavy atom. The highest BCUT2D eigenvalue weighted by Crippen LogP contribution is 2.22. The Balaban J connectivity index is 2.85. The van der Waals surface area contributed by atoms with Gasteiger partial charge in [-0.3, -0.25) is 4.79 Å². The number of ketones is 1. The van der Waals surface area contributed by atoms with Crippen LogP contribution in [0, 0.1) is 12.7 Å². The lowest BCUT2D eigenvalue weighted by Gasteiger charge is -2.10. The van der Waals surface area contributed by atoms with Crippen molar-refractivity contribution >= 4 is 5.78 Å². The molecule has 0 aliphatic heterocycles. The Morgan fingerprint density at radius 3 is 2.71 bits per heavy atom. The largest absolute Gasteiger partial charge is 0.493 e. The van der Waals surface area contributed by atoms with Gasteiger partial charge in [0.15, 0.2) is 0 Å². The second kappa shape index (κ2) is 6.38. The van der Waals surface area contributed by atoms with Crippen molar-refractivity contribution in [2.45, 2.75) is 40.0 Å². The Hall–Kier alpha value is -1.38. The van der Waals surface area contributed by atoms with Crippen LogP contribution in [-0.2, 0) is 11.2 Å². The minimum atomic E-state index is -0.310. The number of carbonyl (C=O) groups is 1. The molecule has 1 aromatic rings. The molecule has 0 saturated heterocycles. The first kappa shape index (κ1) is 13.7. The summed E-state index contributed by atoms with van der Waals surface area (Å²) in [4.78, 5) is 11.1. The molecule has 0 aliphatic rings. The number of halogens is 1. The lowest BCUT2D eigenvalue weighted by Crippen LogP contribution is -2.03. The average Bonchev–Trinajstić information content (AvgIpc) is 2.25. The minimum absolute atomic E-state index is 0.0261. The van der Waals surface area contributed by atoms with Gasteiger partial charge in [0.2, 0.25) is 0 Å². The van der Waals surface area contributed by atoms with Crippen molar-refractivity contribution in [3.8, 4) is 5.75 Å². The first-order valence-electron chi connectivity index (χ1n) is 5.95. The van der Waals surface area contributed by atoms with Gasteiger partial charge in [-0.2, -0.15) is 0 Å². The minimum Gasteiger partial charge on any atom is -0.493 e. The predicted octanol–water partition coefficient (Wildman–Crippen LogP) is 3.44. The third kappa shape index (κ3) is 4.17. The average molecular weight is 238 g/mol. The molecule has 3 heteroatoms. The molecule has 0 spiro atoms. The molecule has 0 heterocycles. The number of hydrogen-bond acceptors (Lipinski definition) is 2. The van der Waals surface area contributed by atoms with E-state index in [0.717, 1.165) is 12.8 Å². The topological polar surface area (TPSA) is 26.3 Å². The summed E-state index contributed by atoms with van der Waals surface area (Å²) in [5, 5.41) is 0. The summed E-state index contributed by atoms with van der Waals surface area (Å²) in [5.41, 5.74) is 1.24. The number of unbranched alkanes of at least 4 members (excludes halogenated alkanes) is 1. The van der Waals surface area contributed by atoms with Crippen LogP contribution in [0.4, 0.5) is 4.39 Å². The predicted molar refractivity (Wildman–Crippen MR) is 65.9 cm³/mol. The Labute approximate surface area is 102 Å². The highest BCUT2D eigenvalue weighted by Gasteiger charge is 2.09. The maximum absolute atomic E-state index is 13.6. The van der Waals surface area contributed by atoms with Gasteiger partial charge in [0.05, 0.1) is 6.61 Å². The van der Waals surface area contributed by atoms with Crippen molar-refractivity contribution in [3.63, 3.8) is 0 Å². The van der Waals surface area contributed by atoms with Crippen LogP contribution in [0.5, 0.6) is 5.75 Å². The van der Waals surface area contributed by atoms with Crippen molar-refractivity contribution in [3.05, 3.63) is 29.1 Å². The Bertz CT molecular complexity index is 399. The molecule has 0 saturated carbocycles. The van der Waals surface area contributed by atoms with E-state index in [2.05, 4.69) is 6.92 Å². The summed E-state index contributed by atoms with van der Waals surface area (Å²) in [6.07, 6.45) is 2.24. The van der Waals surface area contributed by atoms with E-state index < -0.39 is 0 Å². The highest BCUT2D eigenvalue weighted by molar-refractivity contribution is 5.78. The van der Waals surface area contributed by atoms with Crippen LogP contribution < -0.4 is 4.74 Å². The van der Waals surface area contributed by atoms with E-state index in [1.807, 2.05) is 0 Å². The number of benzene rings is 1. The van der Waals surface area contributed by atoms with Gasteiger partial charge in [0.1, 0.15) is 17.3 Å². The van der Waals surface area contributed by atoms with Gasteiger partial charge in [0, 0.05) is 12.5 Å². The smallest absolute Gasteiger partial charge is 0.134 e. The molecule has 0 aliphatic carbocycles. The van der Waals surface area contributed by atoms with Gasteiger partial charge in [-0.05, 0) is 37.5 Å². The standard InChI is InChI=1S/C14H19FO2/c1-4-5-6-17-13-8-12(7-10(2)16)11(3)14(15)9-13/h8-9H,4-7H2,1-3H3. The van der Waals surface area contributed by atoms with Gasteiger partial charge in [-0.1, -0.05) is 13.3 Å². The summed E-state index contributed by atoms with van der Waals surface area (Å²) in [5.74, 6) is 0.228. The number of Topliss-reactive ketones (excluding diaryl/α,β-unsaturated/α-hetero) is 1. The molecule has 0 aromatic heterocycles. The third-order valence-corrected chi connectivity index (χ3v) is 2.63. The molecule has 1 rings (SSSR count). The maximum Gasteiger partial charge on any atom is 0.134 e. The van der Waals surface area contributed by atoms with Gasteiger partial charge in [-0.25, -0.2) is 4.39 Å². The molecular weight excluding hydrogens is 219 g/mol. The molecule has 1 aromatic carbocycles. The van der Waals surface area contributed by atoms with E-state index in [9.17, 15) is 9.18 Å². The van der Waals surface area contributed by atoms with Crippen molar-refractivity contribution in [2.24, 2.45) is 0 Å². The van der Waals surface area contributed by atoms with E-state index in [1.165, 1.54) is 13.0 Å². The van der Waals surface area contributed by atoms with Crippen LogP contribution in [0.15, 0.2) is 12.1 Å². The van der Waals surface area contributed by atoms with E-state index >= 15 is 0 Å². The fourth-order valence-corrected chi connectivity index (χ4v) is 1.58. The quantitative estimate of drug-likeness (QED) is 0.709. The van der Waals surface area contributed by atoms with Crippen LogP contribution in [-0.4, -0.2) is 12.4 Å². The number of carbonyl (C=O) groups excluding carboxylic acids is 1. The van der Waals surface area contributed by atoms with Gasteiger partial charge in [-0.15, -0.1) is 0 Å². The van der Waals surface area contributed by atoms with Crippen molar-refractivity contribution in [1.29, 1.82) is 0 Å². The molecular formula is C14H19FO2. The molecule has 0 N–H and O–H groups in total. The SMILES string of the molecule is CCCCOc1cc(F)c(C)c(CC(C)=O)c1. The maximum atomic E-state index is 13.6. The Kier molecular flexibility index (Phi) is 5.13. The van der Waals surface area contributed by atoms with Crippen LogP contribution in [0.25, 0.3) is 0 Å². The second-order valence-corrected chi connectivity index (χ2v) is 4.27. The Morgan fingerprint density at radius 2 is 2.12 bits per heavy atom. The number of rotatable bonds is 6. The van der Waals surface area contributed by atoms with Crippen molar-refractivity contribution in [2.75, 3.05) is 6.61 Å². The lowest BCUT2D eigenvalue weighted by atomic mass is 10.0. The highest BCUT2D eigenvalue weighted by atomic mass is 19.1. The number of ether oxygens (including phenoxy) is 1.